The van der Waals surface area contributed by atoms with Gasteiger partial charge in [-0.25, -0.2) is 4.39 Å². The van der Waals surface area contributed by atoms with E-state index >= 15 is 4.39 Å². The summed E-state index contributed by atoms with van der Waals surface area (Å²) in [6.07, 6.45) is 9.68. The summed E-state index contributed by atoms with van der Waals surface area (Å²) >= 11 is 0. The number of H-pyrrole nitrogens is 1. The Bertz CT molecular complexity index is 1710. The number of nitrogens with one attached hydrogen (secondary N) is 1. The Morgan fingerprint density at radius 1 is 1.24 bits per heavy atom. The minimum Gasteiger partial charge on any atom is -0.462 e. The van der Waals surface area contributed by atoms with E-state index in [0.717, 1.165) is 18.2 Å². The molecule has 0 spiro atoms. The number of terminal acetylenes is 2. The molecule has 0 saturated carbocycles. The molecule has 2 aliphatic rings. The lowest BCUT2D eigenvalue weighted by molar-refractivity contribution is -0.118. The third-order valence-corrected chi connectivity index (χ3v) is 9.25. The third-order valence-electron chi connectivity index (χ3n) is 7.30. The molecule has 8 nitrogen and oxygen atoms in total. The summed E-state index contributed by atoms with van der Waals surface area (Å²) in [5.41, 5.74) is -0.747. The maximum atomic E-state index is 15.1. The zero-order valence-corrected chi connectivity index (χ0v) is 25.7. The maximum absolute atomic E-state index is 15.1. The van der Waals surface area contributed by atoms with Crippen LogP contribution in [-0.4, -0.2) is 68.1 Å². The highest BCUT2D eigenvalue weighted by Crippen LogP contribution is 2.43. The van der Waals surface area contributed by atoms with Crippen molar-refractivity contribution in [3.05, 3.63) is 63.8 Å². The van der Waals surface area contributed by atoms with Crippen molar-refractivity contribution < 1.29 is 31.3 Å². The van der Waals surface area contributed by atoms with Crippen LogP contribution >= 0.6 is 0 Å². The topological polar surface area (TPSA) is 111 Å². The molecule has 2 aromatic heterocycles. The number of hydrogen-bond acceptors (Lipinski definition) is 6. The van der Waals surface area contributed by atoms with Gasteiger partial charge in [0, 0.05) is 58.0 Å². The van der Waals surface area contributed by atoms with Crippen molar-refractivity contribution in [1.29, 1.82) is 0 Å². The number of aromatic nitrogens is 1. The summed E-state index contributed by atoms with van der Waals surface area (Å²) in [4.78, 5) is 23.9. The SMILES string of the molecule is C#CO.C#Cc1c[nH]c(=O)c([C@]2(F)CCS(=O)C(C)(C)C2)c1.C=Nc1c(C(=NCC(F)(F)F)N2CCCC2)oc2ccccc12. The fourth-order valence-electron chi connectivity index (χ4n) is 5.25. The first-order valence-corrected chi connectivity index (χ1v) is 15.2. The van der Waals surface area contributed by atoms with Gasteiger partial charge in [0.15, 0.2) is 11.6 Å². The number of halogens is 4. The van der Waals surface area contributed by atoms with E-state index in [9.17, 15) is 22.2 Å². The molecule has 2 saturated heterocycles. The van der Waals surface area contributed by atoms with Crippen LogP contribution < -0.4 is 5.56 Å². The second kappa shape index (κ2) is 14.6. The van der Waals surface area contributed by atoms with Gasteiger partial charge in [0.2, 0.25) is 0 Å². The number of fused-ring (bicyclic) bond motifs is 1. The Morgan fingerprint density at radius 2 is 1.89 bits per heavy atom. The van der Waals surface area contributed by atoms with Crippen molar-refractivity contribution in [2.45, 2.75) is 56.1 Å². The number of para-hydroxylation sites is 1. The highest BCUT2D eigenvalue weighted by Gasteiger charge is 2.47. The van der Waals surface area contributed by atoms with Crippen LogP contribution in [-0.2, 0) is 16.5 Å². The lowest BCUT2D eigenvalue weighted by atomic mass is 9.84. The zero-order valence-electron chi connectivity index (χ0n) is 24.9. The Labute approximate surface area is 261 Å². The van der Waals surface area contributed by atoms with Gasteiger partial charge in [0.25, 0.3) is 5.56 Å². The van der Waals surface area contributed by atoms with Crippen LogP contribution in [0.15, 0.2) is 55.7 Å². The number of pyridine rings is 1. The van der Waals surface area contributed by atoms with Gasteiger partial charge in [-0.15, -0.1) is 6.42 Å². The first kappa shape index (κ1) is 35.1. The predicted octanol–water partition coefficient (Wildman–Crippen LogP) is 5.96. The Kier molecular flexibility index (Phi) is 11.4. The highest BCUT2D eigenvalue weighted by molar-refractivity contribution is 7.86. The summed E-state index contributed by atoms with van der Waals surface area (Å²) in [7, 11) is -1.08. The van der Waals surface area contributed by atoms with Gasteiger partial charge in [-0.3, -0.25) is 19.0 Å². The van der Waals surface area contributed by atoms with Crippen molar-refractivity contribution in [3.8, 4) is 24.9 Å². The van der Waals surface area contributed by atoms with E-state index < -0.39 is 39.5 Å². The lowest BCUT2D eigenvalue weighted by Crippen LogP contribution is -2.45. The number of likely N-dealkylation sites (tertiary alicyclic amines) is 1. The molecule has 0 radical (unpaired) electrons. The smallest absolute Gasteiger partial charge is 0.408 e. The van der Waals surface area contributed by atoms with Gasteiger partial charge in [0.1, 0.15) is 29.6 Å². The Hall–Kier alpha value is -4.36. The molecule has 13 heteroatoms. The fraction of sp³-hybridized carbons (Fsp3) is 0.406. The van der Waals surface area contributed by atoms with Crippen molar-refractivity contribution in [2.24, 2.45) is 9.98 Å². The Morgan fingerprint density at radius 3 is 2.47 bits per heavy atom. The van der Waals surface area contributed by atoms with Gasteiger partial charge in [-0.05, 0) is 58.0 Å². The molecule has 2 N–H and O–H groups in total. The van der Waals surface area contributed by atoms with Crippen molar-refractivity contribution in [2.75, 3.05) is 25.4 Å². The number of aromatic amines is 1. The van der Waals surface area contributed by atoms with Crippen molar-refractivity contribution in [1.82, 2.24) is 9.88 Å². The van der Waals surface area contributed by atoms with E-state index in [1.54, 1.807) is 32.0 Å². The molecule has 1 unspecified atom stereocenters. The number of furan rings is 1. The second-order valence-electron chi connectivity index (χ2n) is 11.0. The van der Waals surface area contributed by atoms with Gasteiger partial charge < -0.3 is 19.4 Å². The zero-order chi connectivity index (χ0) is 33.4. The van der Waals surface area contributed by atoms with Crippen LogP contribution in [0.5, 0.6) is 0 Å². The fourth-order valence-corrected chi connectivity index (χ4v) is 6.70. The number of alkyl halides is 4. The van der Waals surface area contributed by atoms with Crippen LogP contribution in [0.2, 0.25) is 0 Å². The molecule has 45 heavy (non-hydrogen) atoms. The molecule has 2 atom stereocenters. The number of benzene rings is 1. The van der Waals surface area contributed by atoms with Crippen LogP contribution in [0.3, 0.4) is 0 Å². The molecule has 0 bridgehead atoms. The van der Waals surface area contributed by atoms with E-state index in [4.69, 9.17) is 15.9 Å². The summed E-state index contributed by atoms with van der Waals surface area (Å²) < 4.78 is 69.9. The van der Waals surface area contributed by atoms with Gasteiger partial charge in [-0.1, -0.05) is 24.5 Å². The highest BCUT2D eigenvalue weighted by atomic mass is 32.2. The molecule has 0 amide bonds. The molecule has 0 aliphatic carbocycles. The van der Waals surface area contributed by atoms with E-state index in [1.807, 2.05) is 11.0 Å². The number of aliphatic hydroxyl groups excluding tert-OH is 1. The number of aliphatic hydroxyl groups is 1. The number of rotatable bonds is 4. The summed E-state index contributed by atoms with van der Waals surface area (Å²) in [5.74, 6) is 3.10. The minimum absolute atomic E-state index is 0.0488. The van der Waals surface area contributed by atoms with Gasteiger partial charge in [0.05, 0.1) is 5.56 Å². The van der Waals surface area contributed by atoms with Crippen molar-refractivity contribution >= 4 is 40.0 Å². The van der Waals surface area contributed by atoms with Gasteiger partial charge >= 0.3 is 6.18 Å². The first-order chi connectivity index (χ1) is 21.2. The average molecular weight is 647 g/mol. The van der Waals surface area contributed by atoms with Crippen LogP contribution in [0.1, 0.15) is 56.4 Å². The van der Waals surface area contributed by atoms with E-state index in [2.05, 4.69) is 34.0 Å². The molecular weight excluding hydrogens is 612 g/mol. The molecule has 4 heterocycles. The second-order valence-corrected chi connectivity index (χ2v) is 13.2. The van der Waals surface area contributed by atoms with Crippen LogP contribution in [0, 0.1) is 24.9 Å². The molecular formula is C32H34F4N4O4S. The summed E-state index contributed by atoms with van der Waals surface area (Å²) in [6, 6.07) is 8.59. The monoisotopic (exact) mass is 646 g/mol. The quantitative estimate of drug-likeness (QED) is 0.157. The largest absolute Gasteiger partial charge is 0.462 e. The number of amidine groups is 1. The molecule has 5 rings (SSSR count). The molecule has 1 aromatic carbocycles. The average Bonchev–Trinajstić information content (AvgIpc) is 3.64. The molecule has 240 valence electrons. The normalized spacial score (nSPS) is 21.0. The summed E-state index contributed by atoms with van der Waals surface area (Å²) in [6.45, 7) is 7.12. The number of hydrogen-bond donors (Lipinski definition) is 2. The standard InChI is InChI=1S/C16H16F3N3O.C14H16FNO2S.C2H2O/c1-20-13-11-6-2-3-7-12(11)23-14(13)15(21-10-16(17,18)19)22-8-4-5-9-22;1-4-10-7-11(12(17)16-8-10)14(15)5-6-19(18)13(2,3)9-14;1-2-3/h2-3,6-7H,1,4-5,8-10H2;1,7-8H,5-6,9H2,2-3H3,(H,16,17);1,3H/t;14-,19?;/m.0./s1. The lowest BCUT2D eigenvalue weighted by Gasteiger charge is -2.38. The molecule has 2 aliphatic heterocycles. The third kappa shape index (κ3) is 8.64. The predicted molar refractivity (Wildman–Crippen MR) is 169 cm³/mol. The van der Waals surface area contributed by atoms with Crippen molar-refractivity contribution in [3.63, 3.8) is 0 Å². The minimum atomic E-state index is -4.36. The number of nitrogens with zero attached hydrogens (tertiary/aromatic N) is 3. The Balaban J connectivity index is 0.000000230. The van der Waals surface area contributed by atoms with Gasteiger partial charge in [-0.2, -0.15) is 13.2 Å². The van der Waals surface area contributed by atoms with E-state index in [-0.39, 0.29) is 35.8 Å². The van der Waals surface area contributed by atoms with Crippen LogP contribution in [0.4, 0.5) is 23.2 Å². The van der Waals surface area contributed by atoms with E-state index in [1.165, 1.54) is 18.4 Å². The maximum Gasteiger partial charge on any atom is 0.408 e. The number of aliphatic imine (C=N–C) groups is 2. The first-order valence-electron chi connectivity index (χ1n) is 13.9. The molecule has 2 fully saturated rings. The summed E-state index contributed by atoms with van der Waals surface area (Å²) in [5, 5.41) is 7.82. The van der Waals surface area contributed by atoms with E-state index in [0.29, 0.717) is 29.9 Å². The molecule has 3 aromatic rings. The van der Waals surface area contributed by atoms with Crippen LogP contribution in [0.25, 0.3) is 11.0 Å².